The van der Waals surface area contributed by atoms with Gasteiger partial charge in [-0.1, -0.05) is 46.3 Å². The maximum atomic E-state index is 13.8. The molecule has 11 heteroatoms. The Bertz CT molecular complexity index is 1310. The molecule has 2 N–H and O–H groups in total. The molecule has 2 atom stereocenters. The zero-order valence-corrected chi connectivity index (χ0v) is 25.0. The van der Waals surface area contributed by atoms with E-state index in [0.717, 1.165) is 6.42 Å². The molecule has 9 nitrogen and oxygen atoms in total. The molecule has 1 aromatic carbocycles. The van der Waals surface area contributed by atoms with Gasteiger partial charge in [0, 0.05) is 30.6 Å². The molecule has 1 aromatic heterocycles. The first kappa shape index (κ1) is 31.8. The smallest absolute Gasteiger partial charge is 0.278 e. The fourth-order valence-electron chi connectivity index (χ4n) is 4.73. The predicted octanol–water partition coefficient (Wildman–Crippen LogP) is 5.02. The van der Waals surface area contributed by atoms with E-state index < -0.39 is 39.7 Å². The van der Waals surface area contributed by atoms with Gasteiger partial charge in [-0.25, -0.2) is 22.8 Å². The number of primary amides is 1. The number of benzene rings is 1. The highest BCUT2D eigenvalue weighted by molar-refractivity contribution is 7.88. The number of hydrogen-bond donors (Lipinski definition) is 1. The molecule has 220 valence electrons. The van der Waals surface area contributed by atoms with Gasteiger partial charge < -0.3 is 15.2 Å². The molecule has 2 heterocycles. The van der Waals surface area contributed by atoms with Crippen LogP contribution < -0.4 is 5.73 Å². The fraction of sp³-hybridized carbons (Fsp3) is 0.552. The van der Waals surface area contributed by atoms with Gasteiger partial charge in [0.1, 0.15) is 5.82 Å². The van der Waals surface area contributed by atoms with Crippen molar-refractivity contribution in [1.82, 2.24) is 14.3 Å². The van der Waals surface area contributed by atoms with Crippen molar-refractivity contribution in [2.45, 2.75) is 96.3 Å². The van der Waals surface area contributed by atoms with Crippen LogP contribution in [0.2, 0.25) is 0 Å². The summed E-state index contributed by atoms with van der Waals surface area (Å²) in [5, 5.41) is -0.282. The maximum Gasteiger partial charge on any atom is 0.278 e. The molecule has 0 saturated carbocycles. The van der Waals surface area contributed by atoms with Crippen molar-refractivity contribution in [2.75, 3.05) is 13.1 Å². The van der Waals surface area contributed by atoms with Crippen LogP contribution in [0.1, 0.15) is 84.4 Å². The maximum absolute atomic E-state index is 13.8. The van der Waals surface area contributed by atoms with Gasteiger partial charge in [-0.15, -0.1) is 0 Å². The zero-order chi connectivity index (χ0) is 29.7. The first-order valence-electron chi connectivity index (χ1n) is 13.8. The van der Waals surface area contributed by atoms with E-state index in [1.54, 1.807) is 32.9 Å². The first-order valence-corrected chi connectivity index (χ1v) is 15.2. The summed E-state index contributed by atoms with van der Waals surface area (Å²) in [6, 6.07) is 5.76. The molecular weight excluding hydrogens is 535 g/mol. The molecule has 40 heavy (non-hydrogen) atoms. The van der Waals surface area contributed by atoms with Gasteiger partial charge in [-0.2, -0.15) is 4.31 Å². The van der Waals surface area contributed by atoms with E-state index >= 15 is 0 Å². The van der Waals surface area contributed by atoms with Crippen LogP contribution in [0.25, 0.3) is 17.3 Å². The Labute approximate surface area is 237 Å². The molecule has 3 rings (SSSR count). The second-order valence-electron chi connectivity index (χ2n) is 10.7. The van der Waals surface area contributed by atoms with Crippen molar-refractivity contribution in [1.29, 1.82) is 0 Å². The van der Waals surface area contributed by atoms with Gasteiger partial charge in [0.15, 0.2) is 5.79 Å². The van der Waals surface area contributed by atoms with Crippen LogP contribution in [0.4, 0.5) is 4.39 Å². The Morgan fingerprint density at radius 3 is 2.45 bits per heavy atom. The monoisotopic (exact) mass is 576 g/mol. The Morgan fingerprint density at radius 1 is 1.20 bits per heavy atom. The summed E-state index contributed by atoms with van der Waals surface area (Å²) in [6.45, 7) is 11.8. The summed E-state index contributed by atoms with van der Waals surface area (Å²) in [6.07, 6.45) is 4.86. The lowest BCUT2D eigenvalue weighted by atomic mass is 9.97. The van der Waals surface area contributed by atoms with E-state index in [1.165, 1.54) is 16.4 Å². The molecule has 0 bridgehead atoms. The van der Waals surface area contributed by atoms with Crippen molar-refractivity contribution >= 4 is 22.0 Å². The standard InChI is InChI=1S/C29H41FN4O5S/c1-7-9-16-34(8-2)40(36,37)28-32-26(19(3)4)24(27(33-28)20-10-12-21(30)13-11-20)15-14-22-17-23(18-25(31)35)39-29(5,6)38-22/h10-15,19,22-23H,7-9,16-18H2,1-6H3,(H2,31,35)/b15-14+/t22-,23-/m1/s1. The van der Waals surface area contributed by atoms with Crippen molar-refractivity contribution < 1.29 is 27.1 Å². The van der Waals surface area contributed by atoms with E-state index in [0.29, 0.717) is 48.4 Å². The lowest BCUT2D eigenvalue weighted by molar-refractivity contribution is -0.289. The van der Waals surface area contributed by atoms with Gasteiger partial charge >= 0.3 is 0 Å². The number of halogens is 1. The normalized spacial score (nSPS) is 19.5. The molecule has 1 aliphatic rings. The lowest BCUT2D eigenvalue weighted by Gasteiger charge is -2.39. The molecular formula is C29H41FN4O5S. The number of carbonyl (C=O) groups is 1. The minimum absolute atomic E-state index is 0.0663. The van der Waals surface area contributed by atoms with Gasteiger partial charge in [-0.05, 0) is 50.5 Å². The van der Waals surface area contributed by atoms with Crippen molar-refractivity contribution in [2.24, 2.45) is 5.73 Å². The SMILES string of the molecule is CCCCN(CC)S(=O)(=O)c1nc(-c2ccc(F)cc2)c(/C=C/[C@@H]2C[C@H](CC(N)=O)OC(C)(C)O2)c(C(C)C)n1. The van der Waals surface area contributed by atoms with Crippen LogP contribution in [0, 0.1) is 5.82 Å². The van der Waals surface area contributed by atoms with Crippen molar-refractivity contribution in [3.05, 3.63) is 47.4 Å². The highest BCUT2D eigenvalue weighted by Gasteiger charge is 2.35. The van der Waals surface area contributed by atoms with Crippen LogP contribution in [0.15, 0.2) is 35.5 Å². The Balaban J connectivity index is 2.15. The summed E-state index contributed by atoms with van der Waals surface area (Å²) < 4.78 is 54.4. The average Bonchev–Trinajstić information content (AvgIpc) is 2.86. The number of aromatic nitrogens is 2. The molecule has 1 saturated heterocycles. The number of nitrogens with two attached hydrogens (primary N) is 1. The second kappa shape index (κ2) is 13.3. The second-order valence-corrected chi connectivity index (χ2v) is 12.6. The fourth-order valence-corrected chi connectivity index (χ4v) is 6.09. The number of hydrogen-bond acceptors (Lipinski definition) is 7. The van der Waals surface area contributed by atoms with E-state index in [9.17, 15) is 17.6 Å². The van der Waals surface area contributed by atoms with Crippen molar-refractivity contribution in [3.8, 4) is 11.3 Å². The van der Waals surface area contributed by atoms with Crippen LogP contribution in [-0.4, -0.2) is 59.7 Å². The number of sulfonamides is 1. The molecule has 2 aromatic rings. The minimum Gasteiger partial charge on any atom is -0.370 e. The molecule has 0 radical (unpaired) electrons. The predicted molar refractivity (Wildman–Crippen MR) is 152 cm³/mol. The van der Waals surface area contributed by atoms with Gasteiger partial charge in [0.25, 0.3) is 15.2 Å². The van der Waals surface area contributed by atoms with E-state index in [1.807, 2.05) is 32.9 Å². The summed E-state index contributed by atoms with van der Waals surface area (Å²) in [7, 11) is -3.98. The van der Waals surface area contributed by atoms with Crippen LogP contribution in [-0.2, 0) is 24.3 Å². The number of unbranched alkanes of at least 4 members (excludes halogenated alkanes) is 1. The topological polar surface area (TPSA) is 125 Å². The van der Waals surface area contributed by atoms with Crippen LogP contribution in [0.3, 0.4) is 0 Å². The summed E-state index contributed by atoms with van der Waals surface area (Å²) in [5.41, 5.74) is 7.48. The summed E-state index contributed by atoms with van der Waals surface area (Å²) in [4.78, 5) is 20.7. The third-order valence-corrected chi connectivity index (χ3v) is 8.36. The van der Waals surface area contributed by atoms with Gasteiger partial charge in [0.05, 0.1) is 30.0 Å². The molecule has 1 amide bonds. The number of carbonyl (C=O) groups excluding carboxylic acids is 1. The van der Waals surface area contributed by atoms with Gasteiger partial charge in [-0.3, -0.25) is 4.79 Å². The van der Waals surface area contributed by atoms with Gasteiger partial charge in [0.2, 0.25) is 5.91 Å². The average molecular weight is 577 g/mol. The quantitative estimate of drug-likeness (QED) is 0.352. The van der Waals surface area contributed by atoms with E-state index in [4.69, 9.17) is 15.2 Å². The zero-order valence-electron chi connectivity index (χ0n) is 24.2. The van der Waals surface area contributed by atoms with Crippen LogP contribution in [0.5, 0.6) is 0 Å². The molecule has 0 spiro atoms. The van der Waals surface area contributed by atoms with E-state index in [-0.39, 0.29) is 17.5 Å². The van der Waals surface area contributed by atoms with Crippen LogP contribution >= 0.6 is 0 Å². The molecule has 1 fully saturated rings. The lowest BCUT2D eigenvalue weighted by Crippen LogP contribution is -2.45. The summed E-state index contributed by atoms with van der Waals surface area (Å²) in [5.74, 6) is -1.97. The number of ether oxygens (including phenoxy) is 2. The third kappa shape index (κ3) is 7.93. The summed E-state index contributed by atoms with van der Waals surface area (Å²) >= 11 is 0. The molecule has 1 aliphatic heterocycles. The van der Waals surface area contributed by atoms with Crippen molar-refractivity contribution in [3.63, 3.8) is 0 Å². The Kier molecular flexibility index (Phi) is 10.6. The Morgan fingerprint density at radius 2 is 1.88 bits per heavy atom. The van der Waals surface area contributed by atoms with E-state index in [2.05, 4.69) is 9.97 Å². The number of amides is 1. The minimum atomic E-state index is -3.98. The first-order chi connectivity index (χ1) is 18.8. The molecule has 0 aliphatic carbocycles. The number of nitrogens with zero attached hydrogens (tertiary/aromatic N) is 3. The highest BCUT2D eigenvalue weighted by atomic mass is 32.2. The number of rotatable bonds is 12. The molecule has 0 unspecified atom stereocenters. The Hall–Kier alpha value is -2.73. The third-order valence-electron chi connectivity index (χ3n) is 6.59. The highest BCUT2D eigenvalue weighted by Crippen LogP contribution is 2.33. The largest absolute Gasteiger partial charge is 0.370 e.